The van der Waals surface area contributed by atoms with Crippen LogP contribution in [0.1, 0.15) is 42.9 Å². The zero-order valence-corrected chi connectivity index (χ0v) is 27.1. The molecule has 5 aromatic rings. The first-order valence-electron chi connectivity index (χ1n) is 15.9. The van der Waals surface area contributed by atoms with Gasteiger partial charge in [-0.25, -0.2) is 4.98 Å². The SMILES string of the molecule is COCCOc1ccc(Nc2nc(N(Cc3ccccc3)Cc3ccccc3)c3ncn(C4CC5(CCNCC5)C4)c3n2)cc1.Cl. The van der Waals surface area contributed by atoms with E-state index in [1.165, 1.54) is 36.8 Å². The van der Waals surface area contributed by atoms with Crippen LogP contribution in [0, 0.1) is 5.41 Å². The number of fused-ring (bicyclic) bond motifs is 1. The van der Waals surface area contributed by atoms with Crippen molar-refractivity contribution in [2.75, 3.05) is 43.6 Å². The van der Waals surface area contributed by atoms with Gasteiger partial charge in [-0.3, -0.25) is 0 Å². The number of ether oxygens (including phenoxy) is 2. The molecule has 1 saturated carbocycles. The standard InChI is InChI=1S/C36H41N7O2.ClH/c1-44-20-21-45-31-14-12-29(13-15-31)39-35-40-33(42(24-27-8-4-2-5-9-27)25-28-10-6-3-7-11-28)32-34(41-35)43(26-38-32)30-22-36(23-30)16-18-37-19-17-36;/h2-15,26,30,37H,16-25H2,1H3,(H,39,40,41);1H. The maximum Gasteiger partial charge on any atom is 0.231 e. The maximum atomic E-state index is 5.76. The lowest BCUT2D eigenvalue weighted by Gasteiger charge is -2.50. The predicted octanol–water partition coefficient (Wildman–Crippen LogP) is 6.93. The van der Waals surface area contributed by atoms with Crippen molar-refractivity contribution in [3.63, 3.8) is 0 Å². The van der Waals surface area contributed by atoms with E-state index >= 15 is 0 Å². The van der Waals surface area contributed by atoms with Gasteiger partial charge in [-0.2, -0.15) is 9.97 Å². The quantitative estimate of drug-likeness (QED) is 0.142. The van der Waals surface area contributed by atoms with E-state index in [0.29, 0.717) is 43.7 Å². The van der Waals surface area contributed by atoms with Crippen LogP contribution < -0.4 is 20.3 Å². The summed E-state index contributed by atoms with van der Waals surface area (Å²) < 4.78 is 13.2. The van der Waals surface area contributed by atoms with E-state index in [9.17, 15) is 0 Å². The monoisotopic (exact) mass is 639 g/mol. The van der Waals surface area contributed by atoms with Crippen LogP contribution in [0.2, 0.25) is 0 Å². The smallest absolute Gasteiger partial charge is 0.231 e. The molecular formula is C36H42ClN7O2. The number of halogens is 1. The average Bonchev–Trinajstić information content (AvgIpc) is 3.49. The summed E-state index contributed by atoms with van der Waals surface area (Å²) in [6.45, 7) is 4.67. The molecule has 3 heterocycles. The van der Waals surface area contributed by atoms with Crippen molar-refractivity contribution in [3.8, 4) is 5.75 Å². The predicted molar refractivity (Wildman–Crippen MR) is 185 cm³/mol. The third-order valence-corrected chi connectivity index (χ3v) is 9.20. The second-order valence-corrected chi connectivity index (χ2v) is 12.3. The summed E-state index contributed by atoms with van der Waals surface area (Å²) in [7, 11) is 1.67. The Morgan fingerprint density at radius 2 is 1.52 bits per heavy atom. The molecule has 1 aliphatic carbocycles. The number of hydrogen-bond acceptors (Lipinski definition) is 8. The summed E-state index contributed by atoms with van der Waals surface area (Å²) in [5, 5.41) is 7.01. The first-order valence-corrected chi connectivity index (χ1v) is 15.9. The number of nitrogens with zero attached hydrogens (tertiary/aromatic N) is 5. The van der Waals surface area contributed by atoms with E-state index in [-0.39, 0.29) is 12.4 Å². The number of imidazole rings is 1. The Labute approximate surface area is 276 Å². The summed E-state index contributed by atoms with van der Waals surface area (Å²) in [5.41, 5.74) is 5.47. The van der Waals surface area contributed by atoms with Gasteiger partial charge in [-0.15, -0.1) is 12.4 Å². The minimum atomic E-state index is 0. The van der Waals surface area contributed by atoms with Crippen LogP contribution >= 0.6 is 12.4 Å². The van der Waals surface area contributed by atoms with Gasteiger partial charge in [-0.05, 0) is 79.6 Å². The fraction of sp³-hybridized carbons (Fsp3) is 0.361. The highest BCUT2D eigenvalue weighted by atomic mass is 35.5. The van der Waals surface area contributed by atoms with Crippen LogP contribution in [0.4, 0.5) is 17.5 Å². The number of nitrogens with one attached hydrogen (secondary N) is 2. The van der Waals surface area contributed by atoms with Crippen LogP contribution in [0.5, 0.6) is 5.75 Å². The zero-order chi connectivity index (χ0) is 30.5. The number of rotatable bonds is 12. The van der Waals surface area contributed by atoms with Gasteiger partial charge < -0.3 is 29.6 Å². The van der Waals surface area contributed by atoms with Crippen molar-refractivity contribution in [1.29, 1.82) is 0 Å². The lowest BCUT2D eigenvalue weighted by atomic mass is 9.60. The van der Waals surface area contributed by atoms with E-state index in [1.54, 1.807) is 7.11 Å². The van der Waals surface area contributed by atoms with Gasteiger partial charge in [0, 0.05) is 31.9 Å². The molecule has 2 fully saturated rings. The van der Waals surface area contributed by atoms with Gasteiger partial charge in [0.05, 0.1) is 12.9 Å². The average molecular weight is 640 g/mol. The van der Waals surface area contributed by atoms with Crippen LogP contribution in [0.3, 0.4) is 0 Å². The summed E-state index contributed by atoms with van der Waals surface area (Å²) in [4.78, 5) is 17.5. The summed E-state index contributed by atoms with van der Waals surface area (Å²) in [5.74, 6) is 2.17. The molecule has 1 aliphatic heterocycles. The molecule has 7 rings (SSSR count). The Morgan fingerprint density at radius 1 is 0.870 bits per heavy atom. The highest BCUT2D eigenvalue weighted by Gasteiger charge is 2.45. The van der Waals surface area contributed by atoms with Crippen molar-refractivity contribution in [2.45, 2.75) is 44.8 Å². The summed E-state index contributed by atoms with van der Waals surface area (Å²) >= 11 is 0. The Morgan fingerprint density at radius 3 is 2.15 bits per heavy atom. The van der Waals surface area contributed by atoms with Crippen LogP contribution in [0.15, 0.2) is 91.3 Å². The van der Waals surface area contributed by atoms with Crippen LogP contribution in [-0.4, -0.2) is 52.9 Å². The van der Waals surface area contributed by atoms with E-state index in [2.05, 4.69) is 80.8 Å². The minimum Gasteiger partial charge on any atom is -0.491 e. The first-order chi connectivity index (χ1) is 22.2. The highest BCUT2D eigenvalue weighted by Crippen LogP contribution is 2.54. The molecule has 0 atom stereocenters. The molecule has 46 heavy (non-hydrogen) atoms. The first kappa shape index (κ1) is 31.8. The third-order valence-electron chi connectivity index (χ3n) is 9.20. The molecule has 1 spiro atoms. The third kappa shape index (κ3) is 7.12. The lowest BCUT2D eigenvalue weighted by molar-refractivity contribution is 0.0304. The number of benzene rings is 3. The van der Waals surface area contributed by atoms with Crippen molar-refractivity contribution < 1.29 is 9.47 Å². The lowest BCUT2D eigenvalue weighted by Crippen LogP contribution is -2.46. The fourth-order valence-corrected chi connectivity index (χ4v) is 6.77. The van der Waals surface area contributed by atoms with Gasteiger partial charge in [0.25, 0.3) is 0 Å². The van der Waals surface area contributed by atoms with Gasteiger partial charge in [0.2, 0.25) is 5.95 Å². The molecule has 3 aromatic carbocycles. The van der Waals surface area contributed by atoms with Crippen LogP contribution in [-0.2, 0) is 17.8 Å². The van der Waals surface area contributed by atoms with E-state index in [1.807, 2.05) is 30.6 Å². The molecule has 2 N–H and O–H groups in total. The largest absolute Gasteiger partial charge is 0.491 e. The molecule has 0 bridgehead atoms. The Kier molecular flexibility index (Phi) is 10.0. The highest BCUT2D eigenvalue weighted by molar-refractivity contribution is 5.86. The number of methoxy groups -OCH3 is 1. The van der Waals surface area contributed by atoms with Crippen molar-refractivity contribution in [3.05, 3.63) is 102 Å². The number of piperidine rings is 1. The Balaban J connectivity index is 0.00000372. The Hall–Kier alpha value is -4.18. The minimum absolute atomic E-state index is 0. The molecule has 0 radical (unpaired) electrons. The van der Waals surface area contributed by atoms with Crippen molar-refractivity contribution >= 4 is 41.0 Å². The molecular weight excluding hydrogens is 598 g/mol. The Bertz CT molecular complexity index is 1640. The second-order valence-electron chi connectivity index (χ2n) is 12.3. The van der Waals surface area contributed by atoms with Gasteiger partial charge in [0.15, 0.2) is 17.0 Å². The molecule has 10 heteroatoms. The van der Waals surface area contributed by atoms with Gasteiger partial charge in [0.1, 0.15) is 12.4 Å². The molecule has 2 aromatic heterocycles. The maximum absolute atomic E-state index is 5.76. The second kappa shape index (κ2) is 14.5. The number of anilines is 3. The number of hydrogen-bond donors (Lipinski definition) is 2. The normalized spacial score (nSPS) is 15.7. The zero-order valence-electron chi connectivity index (χ0n) is 26.3. The number of aromatic nitrogens is 4. The van der Waals surface area contributed by atoms with Crippen LogP contribution in [0.25, 0.3) is 11.2 Å². The molecule has 240 valence electrons. The molecule has 0 amide bonds. The molecule has 9 nitrogen and oxygen atoms in total. The fourth-order valence-electron chi connectivity index (χ4n) is 6.77. The summed E-state index contributed by atoms with van der Waals surface area (Å²) in [6.07, 6.45) is 6.82. The van der Waals surface area contributed by atoms with Gasteiger partial charge in [-0.1, -0.05) is 60.7 Å². The van der Waals surface area contributed by atoms with Gasteiger partial charge >= 0.3 is 0 Å². The topological polar surface area (TPSA) is 89.4 Å². The molecule has 0 unspecified atom stereocenters. The molecule has 1 saturated heterocycles. The van der Waals surface area contributed by atoms with E-state index in [4.69, 9.17) is 24.4 Å². The summed E-state index contributed by atoms with van der Waals surface area (Å²) in [6, 6.07) is 29.4. The van der Waals surface area contributed by atoms with E-state index in [0.717, 1.165) is 41.5 Å². The van der Waals surface area contributed by atoms with Crippen molar-refractivity contribution in [1.82, 2.24) is 24.8 Å². The molecule has 2 aliphatic rings. The van der Waals surface area contributed by atoms with Crippen molar-refractivity contribution in [2.24, 2.45) is 5.41 Å². The van der Waals surface area contributed by atoms with E-state index < -0.39 is 0 Å².